The molecule has 1 aromatic heterocycles. The molecule has 1 N–H and O–H groups in total. The maximum absolute atomic E-state index is 12.1. The van der Waals surface area contributed by atoms with Crippen LogP contribution < -0.4 is 10.1 Å². The van der Waals surface area contributed by atoms with Crippen molar-refractivity contribution in [2.45, 2.75) is 19.9 Å². The summed E-state index contributed by atoms with van der Waals surface area (Å²) in [5.41, 5.74) is 1.74. The normalized spacial score (nSPS) is 10.6. The summed E-state index contributed by atoms with van der Waals surface area (Å²) in [7, 11) is 0. The van der Waals surface area contributed by atoms with Gasteiger partial charge in [0.25, 0.3) is 6.43 Å². The lowest BCUT2D eigenvalue weighted by Gasteiger charge is -2.09. The Morgan fingerprint density at radius 1 is 1.30 bits per heavy atom. The van der Waals surface area contributed by atoms with Crippen molar-refractivity contribution in [1.29, 1.82) is 0 Å². The van der Waals surface area contributed by atoms with Crippen LogP contribution in [0.5, 0.6) is 5.75 Å². The number of hydrogen-bond donors (Lipinski definition) is 1. The maximum Gasteiger partial charge on any atom is 0.272 e. The first kappa shape index (κ1) is 14.2. The number of nitrogens with one attached hydrogen (secondary N) is 1. The highest BCUT2D eigenvalue weighted by atomic mass is 19.3. The van der Waals surface area contributed by atoms with Crippen LogP contribution in [-0.2, 0) is 6.54 Å². The molecule has 0 aliphatic rings. The van der Waals surface area contributed by atoms with E-state index in [1.807, 2.05) is 13.0 Å². The van der Waals surface area contributed by atoms with Gasteiger partial charge in [-0.05, 0) is 24.6 Å². The summed E-state index contributed by atoms with van der Waals surface area (Å²) in [5.74, 6) is 1.10. The summed E-state index contributed by atoms with van der Waals surface area (Å²) in [6.07, 6.45) is 0.827. The largest absolute Gasteiger partial charge is 0.488 e. The van der Waals surface area contributed by atoms with Gasteiger partial charge in [-0.2, -0.15) is 0 Å². The van der Waals surface area contributed by atoms with Gasteiger partial charge < -0.3 is 10.1 Å². The van der Waals surface area contributed by atoms with Crippen LogP contribution in [0.25, 0.3) is 0 Å². The summed E-state index contributed by atoms with van der Waals surface area (Å²) in [5, 5.41) is 3.12. The molecule has 2 rings (SSSR count). The molecule has 0 spiro atoms. The van der Waals surface area contributed by atoms with Gasteiger partial charge in [0.05, 0.1) is 11.9 Å². The Morgan fingerprint density at radius 3 is 2.90 bits per heavy atom. The lowest BCUT2D eigenvalue weighted by atomic mass is 10.2. The molecular formula is C14H15F2N3O. The molecule has 20 heavy (non-hydrogen) atoms. The van der Waals surface area contributed by atoms with Gasteiger partial charge >= 0.3 is 0 Å². The molecule has 106 valence electrons. The van der Waals surface area contributed by atoms with Crippen molar-refractivity contribution in [3.63, 3.8) is 0 Å². The van der Waals surface area contributed by atoms with Crippen LogP contribution in [0.4, 0.5) is 14.6 Å². The Balaban J connectivity index is 1.94. The van der Waals surface area contributed by atoms with E-state index in [-0.39, 0.29) is 0 Å². The minimum atomic E-state index is -2.47. The Kier molecular flexibility index (Phi) is 4.81. The van der Waals surface area contributed by atoms with Crippen molar-refractivity contribution in [2.75, 3.05) is 11.9 Å². The molecule has 0 radical (unpaired) electrons. The van der Waals surface area contributed by atoms with Gasteiger partial charge in [-0.25, -0.2) is 13.8 Å². The van der Waals surface area contributed by atoms with E-state index >= 15 is 0 Å². The number of ether oxygens (including phenoxy) is 1. The highest BCUT2D eigenvalue weighted by molar-refractivity contribution is 5.35. The molecule has 0 aliphatic carbocycles. The van der Waals surface area contributed by atoms with Crippen LogP contribution >= 0.6 is 0 Å². The molecule has 0 amide bonds. The van der Waals surface area contributed by atoms with E-state index in [4.69, 9.17) is 4.74 Å². The Morgan fingerprint density at radius 2 is 2.15 bits per heavy atom. The van der Waals surface area contributed by atoms with Crippen molar-refractivity contribution < 1.29 is 13.5 Å². The zero-order valence-electron chi connectivity index (χ0n) is 11.0. The third-order valence-electron chi connectivity index (χ3n) is 2.50. The number of halogens is 2. The Bertz CT molecular complexity index is 564. The molecule has 0 fully saturated rings. The monoisotopic (exact) mass is 279 g/mol. The second kappa shape index (κ2) is 6.79. The molecule has 0 bridgehead atoms. The first-order valence-electron chi connectivity index (χ1n) is 6.16. The predicted molar refractivity (Wildman–Crippen MR) is 72.0 cm³/mol. The van der Waals surface area contributed by atoms with Crippen molar-refractivity contribution in [2.24, 2.45) is 0 Å². The standard InChI is InChI=1S/C14H15F2N3O/c1-10-6-17-8-14(19-10)18-7-11-3-2-4-12(5-11)20-9-13(15)16/h2-6,8,13H,7,9H2,1H3,(H,18,19). The van der Waals surface area contributed by atoms with E-state index < -0.39 is 13.0 Å². The number of aromatic nitrogens is 2. The lowest BCUT2D eigenvalue weighted by Crippen LogP contribution is -2.07. The minimum Gasteiger partial charge on any atom is -0.488 e. The Labute approximate surface area is 115 Å². The van der Waals surface area contributed by atoms with E-state index in [2.05, 4.69) is 15.3 Å². The third kappa shape index (κ3) is 4.46. The average molecular weight is 279 g/mol. The van der Waals surface area contributed by atoms with Crippen LogP contribution in [0.2, 0.25) is 0 Å². The average Bonchev–Trinajstić information content (AvgIpc) is 2.43. The first-order chi connectivity index (χ1) is 9.63. The maximum atomic E-state index is 12.1. The van der Waals surface area contributed by atoms with Crippen LogP contribution in [0.15, 0.2) is 36.7 Å². The molecule has 1 aromatic carbocycles. The van der Waals surface area contributed by atoms with E-state index in [9.17, 15) is 8.78 Å². The molecule has 6 heteroatoms. The van der Waals surface area contributed by atoms with E-state index in [0.29, 0.717) is 18.1 Å². The van der Waals surface area contributed by atoms with Crippen molar-refractivity contribution in [3.05, 3.63) is 47.9 Å². The smallest absolute Gasteiger partial charge is 0.272 e. The summed E-state index contributed by atoms with van der Waals surface area (Å²) in [6, 6.07) is 7.02. The fourth-order valence-electron chi connectivity index (χ4n) is 1.65. The second-order valence-electron chi connectivity index (χ2n) is 4.25. The summed E-state index contributed by atoms with van der Waals surface area (Å²) >= 11 is 0. The highest BCUT2D eigenvalue weighted by Gasteiger charge is 2.04. The molecule has 2 aromatic rings. The summed E-state index contributed by atoms with van der Waals surface area (Å²) in [4.78, 5) is 8.30. The van der Waals surface area contributed by atoms with Gasteiger partial charge in [0, 0.05) is 12.7 Å². The number of rotatable bonds is 6. The molecular weight excluding hydrogens is 264 g/mol. The number of nitrogens with zero attached hydrogens (tertiary/aromatic N) is 2. The first-order valence-corrected chi connectivity index (χ1v) is 6.16. The van der Waals surface area contributed by atoms with Crippen LogP contribution in [0.1, 0.15) is 11.3 Å². The van der Waals surface area contributed by atoms with Crippen molar-refractivity contribution in [1.82, 2.24) is 9.97 Å². The number of aryl methyl sites for hydroxylation is 1. The SMILES string of the molecule is Cc1cncc(NCc2cccc(OCC(F)F)c2)n1. The van der Waals surface area contributed by atoms with E-state index in [1.54, 1.807) is 30.6 Å². The zero-order chi connectivity index (χ0) is 14.4. The molecule has 0 unspecified atom stereocenters. The lowest BCUT2D eigenvalue weighted by molar-refractivity contribution is 0.0818. The molecule has 0 saturated carbocycles. The number of benzene rings is 1. The fraction of sp³-hybridized carbons (Fsp3) is 0.286. The third-order valence-corrected chi connectivity index (χ3v) is 2.50. The van der Waals surface area contributed by atoms with Crippen molar-refractivity contribution in [3.8, 4) is 5.75 Å². The number of anilines is 1. The molecule has 0 atom stereocenters. The molecule has 1 heterocycles. The quantitative estimate of drug-likeness (QED) is 0.883. The number of hydrogen-bond acceptors (Lipinski definition) is 4. The van der Waals surface area contributed by atoms with E-state index in [1.165, 1.54) is 0 Å². The van der Waals surface area contributed by atoms with Crippen LogP contribution in [0, 0.1) is 6.92 Å². The van der Waals surface area contributed by atoms with Gasteiger partial charge in [-0.15, -0.1) is 0 Å². The summed E-state index contributed by atoms with van der Waals surface area (Å²) < 4.78 is 29.1. The summed E-state index contributed by atoms with van der Waals surface area (Å²) in [6.45, 7) is 1.78. The zero-order valence-corrected chi connectivity index (χ0v) is 11.0. The Hall–Kier alpha value is -2.24. The van der Waals surface area contributed by atoms with E-state index in [0.717, 1.165) is 11.3 Å². The van der Waals surface area contributed by atoms with Crippen molar-refractivity contribution >= 4 is 5.82 Å². The molecule has 0 saturated heterocycles. The second-order valence-corrected chi connectivity index (χ2v) is 4.25. The van der Waals surface area contributed by atoms with Gasteiger partial charge in [0.15, 0.2) is 0 Å². The molecule has 4 nitrogen and oxygen atoms in total. The highest BCUT2D eigenvalue weighted by Crippen LogP contribution is 2.15. The van der Waals surface area contributed by atoms with Gasteiger partial charge in [0.2, 0.25) is 0 Å². The topological polar surface area (TPSA) is 47.0 Å². The predicted octanol–water partition coefficient (Wildman–Crippen LogP) is 3.04. The van der Waals surface area contributed by atoms with Crippen LogP contribution in [-0.4, -0.2) is 23.0 Å². The number of alkyl halides is 2. The van der Waals surface area contributed by atoms with Gasteiger partial charge in [0.1, 0.15) is 18.2 Å². The van der Waals surface area contributed by atoms with Gasteiger partial charge in [-0.3, -0.25) is 4.98 Å². The fourth-order valence-corrected chi connectivity index (χ4v) is 1.65. The van der Waals surface area contributed by atoms with Gasteiger partial charge in [-0.1, -0.05) is 12.1 Å². The minimum absolute atomic E-state index is 0.430. The van der Waals surface area contributed by atoms with Crippen LogP contribution in [0.3, 0.4) is 0 Å². The molecule has 0 aliphatic heterocycles.